The molecule has 14 heavy (non-hydrogen) atoms. The van der Waals surface area contributed by atoms with Crippen LogP contribution in [0.5, 0.6) is 0 Å². The first-order chi connectivity index (χ1) is 6.68. The molecule has 0 atom stereocenters. The highest BCUT2D eigenvalue weighted by Crippen LogP contribution is 2.26. The van der Waals surface area contributed by atoms with Crippen LogP contribution >= 0.6 is 0 Å². The van der Waals surface area contributed by atoms with Gasteiger partial charge in [0.25, 0.3) is 0 Å². The number of aryl methyl sites for hydroxylation is 1. The van der Waals surface area contributed by atoms with Crippen LogP contribution in [-0.4, -0.2) is 16.3 Å². The maximum Gasteiger partial charge on any atom is 0.127 e. The van der Waals surface area contributed by atoms with Gasteiger partial charge < -0.3 is 5.32 Å². The topological polar surface area (TPSA) is 29.9 Å². The Morgan fingerprint density at radius 3 is 3.00 bits per heavy atom. The summed E-state index contributed by atoms with van der Waals surface area (Å²) < 4.78 is 1.99. The largest absolute Gasteiger partial charge is 0.370 e. The van der Waals surface area contributed by atoms with E-state index in [2.05, 4.69) is 24.3 Å². The Morgan fingerprint density at radius 2 is 2.29 bits per heavy atom. The summed E-state index contributed by atoms with van der Waals surface area (Å²) in [5, 5.41) is 8.01. The molecule has 1 N–H and O–H groups in total. The lowest BCUT2D eigenvalue weighted by Crippen LogP contribution is -2.13. The molecule has 0 aliphatic carbocycles. The smallest absolute Gasteiger partial charge is 0.127 e. The van der Waals surface area contributed by atoms with Gasteiger partial charge in [-0.25, -0.2) is 0 Å². The van der Waals surface area contributed by atoms with Crippen LogP contribution in [0.25, 0.3) is 0 Å². The molecule has 0 saturated carbocycles. The van der Waals surface area contributed by atoms with E-state index in [1.807, 2.05) is 11.7 Å². The molecule has 0 bridgehead atoms. The predicted molar refractivity (Wildman–Crippen MR) is 58.6 cm³/mol. The molecule has 0 fully saturated rings. The first kappa shape index (κ1) is 9.56. The van der Waals surface area contributed by atoms with Crippen molar-refractivity contribution in [2.75, 3.05) is 11.9 Å². The van der Waals surface area contributed by atoms with Gasteiger partial charge in [-0.3, -0.25) is 4.68 Å². The van der Waals surface area contributed by atoms with E-state index in [1.165, 1.54) is 29.9 Å². The Kier molecular flexibility index (Phi) is 2.48. The Labute approximate surface area is 85.5 Å². The summed E-state index contributed by atoms with van der Waals surface area (Å²) in [5.41, 5.74) is 2.75. The molecule has 0 unspecified atom stereocenters. The third-order valence-electron chi connectivity index (χ3n) is 2.73. The molecule has 1 aromatic rings. The molecule has 1 aliphatic heterocycles. The molecular weight excluding hydrogens is 174 g/mol. The van der Waals surface area contributed by atoms with Crippen molar-refractivity contribution >= 4 is 5.82 Å². The van der Waals surface area contributed by atoms with Crippen LogP contribution in [-0.2, 0) is 19.9 Å². The fourth-order valence-corrected chi connectivity index (χ4v) is 2.13. The lowest BCUT2D eigenvalue weighted by Gasteiger charge is -2.15. The van der Waals surface area contributed by atoms with E-state index in [0.717, 1.165) is 13.0 Å². The maximum absolute atomic E-state index is 4.59. The normalized spacial score (nSPS) is 15.4. The van der Waals surface area contributed by atoms with Gasteiger partial charge in [0.2, 0.25) is 0 Å². The molecule has 0 radical (unpaired) electrons. The summed E-state index contributed by atoms with van der Waals surface area (Å²) in [6.07, 6.45) is 3.53. The van der Waals surface area contributed by atoms with Crippen molar-refractivity contribution < 1.29 is 0 Å². The second kappa shape index (κ2) is 3.64. The van der Waals surface area contributed by atoms with Gasteiger partial charge in [-0.15, -0.1) is 0 Å². The highest BCUT2D eigenvalue weighted by molar-refractivity contribution is 5.49. The van der Waals surface area contributed by atoms with Gasteiger partial charge in [0.15, 0.2) is 0 Å². The van der Waals surface area contributed by atoms with Gasteiger partial charge in [-0.2, -0.15) is 5.10 Å². The van der Waals surface area contributed by atoms with Crippen molar-refractivity contribution in [3.8, 4) is 0 Å². The molecule has 3 nitrogen and oxygen atoms in total. The summed E-state index contributed by atoms with van der Waals surface area (Å²) in [6.45, 7) is 5.59. The zero-order valence-electron chi connectivity index (χ0n) is 9.30. The molecule has 3 heteroatoms. The highest BCUT2D eigenvalue weighted by atomic mass is 15.3. The molecule has 1 aliphatic rings. The minimum Gasteiger partial charge on any atom is -0.370 e. The van der Waals surface area contributed by atoms with Gasteiger partial charge in [0.05, 0.1) is 5.69 Å². The molecular formula is C11H19N3. The van der Waals surface area contributed by atoms with Crippen LogP contribution in [0.1, 0.15) is 31.5 Å². The number of aromatic nitrogens is 2. The van der Waals surface area contributed by atoms with Crippen LogP contribution in [0.15, 0.2) is 0 Å². The Hall–Kier alpha value is -0.990. The van der Waals surface area contributed by atoms with Crippen molar-refractivity contribution in [1.29, 1.82) is 0 Å². The van der Waals surface area contributed by atoms with Gasteiger partial charge in [0.1, 0.15) is 5.82 Å². The van der Waals surface area contributed by atoms with E-state index < -0.39 is 0 Å². The van der Waals surface area contributed by atoms with E-state index >= 15 is 0 Å². The number of hydrogen-bond acceptors (Lipinski definition) is 2. The second-order valence-electron chi connectivity index (χ2n) is 4.53. The number of nitrogens with one attached hydrogen (secondary N) is 1. The zero-order chi connectivity index (χ0) is 10.1. The van der Waals surface area contributed by atoms with E-state index in [4.69, 9.17) is 0 Å². The Balaban J connectivity index is 2.31. The van der Waals surface area contributed by atoms with Crippen molar-refractivity contribution in [2.45, 2.75) is 33.1 Å². The summed E-state index contributed by atoms with van der Waals surface area (Å²) in [5.74, 6) is 1.93. The molecule has 0 saturated heterocycles. The molecule has 0 amide bonds. The van der Waals surface area contributed by atoms with Crippen molar-refractivity contribution in [3.63, 3.8) is 0 Å². The Morgan fingerprint density at radius 1 is 1.50 bits per heavy atom. The molecule has 2 heterocycles. The number of fused-ring (bicyclic) bond motifs is 1. The van der Waals surface area contributed by atoms with Gasteiger partial charge >= 0.3 is 0 Å². The maximum atomic E-state index is 4.59. The molecule has 1 aromatic heterocycles. The highest BCUT2D eigenvalue weighted by Gasteiger charge is 2.18. The van der Waals surface area contributed by atoms with Crippen LogP contribution in [0.3, 0.4) is 0 Å². The van der Waals surface area contributed by atoms with E-state index in [1.54, 1.807) is 0 Å². The SMILES string of the molecule is CC(C)Cc1nn(C)c2c1CCCN2. The third kappa shape index (κ3) is 1.63. The first-order valence-corrected chi connectivity index (χ1v) is 5.47. The van der Waals surface area contributed by atoms with Crippen LogP contribution < -0.4 is 5.32 Å². The van der Waals surface area contributed by atoms with Crippen molar-refractivity contribution in [1.82, 2.24) is 9.78 Å². The van der Waals surface area contributed by atoms with Crippen molar-refractivity contribution in [3.05, 3.63) is 11.3 Å². The molecule has 0 spiro atoms. The molecule has 78 valence electrons. The average Bonchev–Trinajstić information content (AvgIpc) is 2.44. The average molecular weight is 193 g/mol. The van der Waals surface area contributed by atoms with Crippen LogP contribution in [0, 0.1) is 5.92 Å². The quantitative estimate of drug-likeness (QED) is 0.778. The van der Waals surface area contributed by atoms with Gasteiger partial charge in [0, 0.05) is 19.2 Å². The predicted octanol–water partition coefficient (Wildman–Crippen LogP) is 1.98. The van der Waals surface area contributed by atoms with Gasteiger partial charge in [-0.05, 0) is 25.2 Å². The van der Waals surface area contributed by atoms with E-state index in [-0.39, 0.29) is 0 Å². The third-order valence-corrected chi connectivity index (χ3v) is 2.73. The number of nitrogens with zero attached hydrogens (tertiary/aromatic N) is 2. The summed E-state index contributed by atoms with van der Waals surface area (Å²) in [7, 11) is 2.03. The fraction of sp³-hybridized carbons (Fsp3) is 0.727. The zero-order valence-corrected chi connectivity index (χ0v) is 9.30. The number of rotatable bonds is 2. The van der Waals surface area contributed by atoms with E-state index in [0.29, 0.717) is 5.92 Å². The lowest BCUT2D eigenvalue weighted by molar-refractivity contribution is 0.618. The molecule has 2 rings (SSSR count). The lowest BCUT2D eigenvalue weighted by atomic mass is 10.0. The standard InChI is InChI=1S/C11H19N3/c1-8(2)7-10-9-5-4-6-12-11(9)14(3)13-10/h8,12H,4-7H2,1-3H3. The van der Waals surface area contributed by atoms with Crippen LogP contribution in [0.4, 0.5) is 5.82 Å². The summed E-state index contributed by atoms with van der Waals surface area (Å²) in [4.78, 5) is 0. The molecule has 0 aromatic carbocycles. The number of anilines is 1. The minimum atomic E-state index is 0.691. The first-order valence-electron chi connectivity index (χ1n) is 5.47. The Bertz CT molecular complexity index is 326. The fourth-order valence-electron chi connectivity index (χ4n) is 2.13. The monoisotopic (exact) mass is 193 g/mol. The number of hydrogen-bond donors (Lipinski definition) is 1. The second-order valence-corrected chi connectivity index (χ2v) is 4.53. The van der Waals surface area contributed by atoms with Crippen molar-refractivity contribution in [2.24, 2.45) is 13.0 Å². The van der Waals surface area contributed by atoms with E-state index in [9.17, 15) is 0 Å². The van der Waals surface area contributed by atoms with Crippen LogP contribution in [0.2, 0.25) is 0 Å². The summed E-state index contributed by atoms with van der Waals surface area (Å²) in [6, 6.07) is 0. The summed E-state index contributed by atoms with van der Waals surface area (Å²) >= 11 is 0. The minimum absolute atomic E-state index is 0.691. The van der Waals surface area contributed by atoms with Gasteiger partial charge in [-0.1, -0.05) is 13.8 Å².